The van der Waals surface area contributed by atoms with Crippen LogP contribution in [0.2, 0.25) is 0 Å². The molecule has 3 N–H and O–H groups in total. The number of benzene rings is 1. The van der Waals surface area contributed by atoms with Crippen LogP contribution in [-0.4, -0.2) is 28.1 Å². The highest BCUT2D eigenvalue weighted by Crippen LogP contribution is 2.34. The fourth-order valence-electron chi connectivity index (χ4n) is 3.67. The third-order valence-corrected chi connectivity index (χ3v) is 4.83. The zero-order valence-corrected chi connectivity index (χ0v) is 12.2. The Morgan fingerprint density at radius 2 is 1.95 bits per heavy atom. The van der Waals surface area contributed by atoms with Crippen molar-refractivity contribution in [2.24, 2.45) is 0 Å². The number of aromatic nitrogens is 1. The van der Waals surface area contributed by atoms with E-state index in [2.05, 4.69) is 15.6 Å². The van der Waals surface area contributed by atoms with Gasteiger partial charge in [-0.15, -0.1) is 0 Å². The maximum atomic E-state index is 12.4. The number of carbonyl (C=O) groups is 1. The maximum absolute atomic E-state index is 12.4. The molecule has 2 fully saturated rings. The van der Waals surface area contributed by atoms with Crippen molar-refractivity contribution in [3.8, 4) is 5.75 Å². The quantitative estimate of drug-likeness (QED) is 0.753. The number of aromatic hydroxyl groups is 1. The van der Waals surface area contributed by atoms with Gasteiger partial charge in [0.05, 0.1) is 0 Å². The number of amides is 1. The Morgan fingerprint density at radius 1 is 1.14 bits per heavy atom. The second kappa shape index (κ2) is 5.25. The molecule has 1 amide bonds. The van der Waals surface area contributed by atoms with Gasteiger partial charge in [0, 0.05) is 29.2 Å². The van der Waals surface area contributed by atoms with E-state index in [9.17, 15) is 9.90 Å². The SMILES string of the molecule is O=C1NC2CCCCC2NC1c1ccc2cccnc2c1O. The van der Waals surface area contributed by atoms with E-state index in [4.69, 9.17) is 0 Å². The van der Waals surface area contributed by atoms with Gasteiger partial charge in [0.1, 0.15) is 17.3 Å². The number of phenolic OH excluding ortho intramolecular Hbond substituents is 1. The number of hydrogen-bond donors (Lipinski definition) is 3. The van der Waals surface area contributed by atoms with Crippen molar-refractivity contribution < 1.29 is 9.90 Å². The Kier molecular flexibility index (Phi) is 3.22. The van der Waals surface area contributed by atoms with Gasteiger partial charge in [-0.25, -0.2) is 0 Å². The first kappa shape index (κ1) is 13.5. The van der Waals surface area contributed by atoms with Crippen LogP contribution in [0.15, 0.2) is 30.5 Å². The van der Waals surface area contributed by atoms with Crippen LogP contribution in [0.1, 0.15) is 37.3 Å². The first-order chi connectivity index (χ1) is 10.7. The highest BCUT2D eigenvalue weighted by molar-refractivity contribution is 5.90. The molecule has 3 unspecified atom stereocenters. The fourth-order valence-corrected chi connectivity index (χ4v) is 3.67. The predicted octanol–water partition coefficient (Wildman–Crippen LogP) is 2.01. The van der Waals surface area contributed by atoms with Gasteiger partial charge in [0.2, 0.25) is 5.91 Å². The lowest BCUT2D eigenvalue weighted by Crippen LogP contribution is -2.61. The van der Waals surface area contributed by atoms with Crippen LogP contribution in [0.4, 0.5) is 0 Å². The highest BCUT2D eigenvalue weighted by atomic mass is 16.3. The number of fused-ring (bicyclic) bond motifs is 2. The van der Waals surface area contributed by atoms with Crippen LogP contribution >= 0.6 is 0 Å². The molecule has 5 heteroatoms. The Hall–Kier alpha value is -2.14. The fraction of sp³-hybridized carbons (Fsp3) is 0.412. The summed E-state index contributed by atoms with van der Waals surface area (Å²) in [6.45, 7) is 0. The van der Waals surface area contributed by atoms with E-state index in [0.29, 0.717) is 11.1 Å². The Balaban J connectivity index is 1.71. The number of hydrogen-bond acceptors (Lipinski definition) is 4. The molecule has 2 aliphatic rings. The van der Waals surface area contributed by atoms with Crippen molar-refractivity contribution in [1.29, 1.82) is 0 Å². The molecule has 2 aromatic rings. The van der Waals surface area contributed by atoms with Crippen LogP contribution in [0.25, 0.3) is 10.9 Å². The summed E-state index contributed by atoms with van der Waals surface area (Å²) in [6, 6.07) is 7.45. The average molecular weight is 297 g/mol. The summed E-state index contributed by atoms with van der Waals surface area (Å²) in [5.74, 6) is 0.0359. The number of nitrogens with zero attached hydrogens (tertiary/aromatic N) is 1. The maximum Gasteiger partial charge on any atom is 0.242 e. The van der Waals surface area contributed by atoms with Crippen LogP contribution in [0.5, 0.6) is 5.75 Å². The lowest BCUT2D eigenvalue weighted by molar-refractivity contribution is -0.127. The molecule has 22 heavy (non-hydrogen) atoms. The van der Waals surface area contributed by atoms with Crippen molar-refractivity contribution in [3.05, 3.63) is 36.0 Å². The lowest BCUT2D eigenvalue weighted by Gasteiger charge is -2.40. The summed E-state index contributed by atoms with van der Waals surface area (Å²) in [7, 11) is 0. The Labute approximate surface area is 128 Å². The van der Waals surface area contributed by atoms with E-state index < -0.39 is 6.04 Å². The van der Waals surface area contributed by atoms with E-state index in [-0.39, 0.29) is 23.7 Å². The Bertz CT molecular complexity index is 731. The summed E-state index contributed by atoms with van der Waals surface area (Å²) in [6.07, 6.45) is 6.09. The monoisotopic (exact) mass is 297 g/mol. The smallest absolute Gasteiger partial charge is 0.242 e. The van der Waals surface area contributed by atoms with E-state index in [0.717, 1.165) is 18.2 Å². The summed E-state index contributed by atoms with van der Waals surface area (Å²) in [5, 5.41) is 17.9. The molecule has 4 rings (SSSR count). The van der Waals surface area contributed by atoms with Crippen molar-refractivity contribution in [2.75, 3.05) is 0 Å². The molecular formula is C17H19N3O2. The predicted molar refractivity (Wildman–Crippen MR) is 83.5 cm³/mol. The molecule has 1 aromatic carbocycles. The molecule has 1 saturated heterocycles. The molecule has 2 heterocycles. The van der Waals surface area contributed by atoms with Crippen LogP contribution in [0.3, 0.4) is 0 Å². The van der Waals surface area contributed by atoms with E-state index in [1.807, 2.05) is 24.3 Å². The van der Waals surface area contributed by atoms with Gasteiger partial charge in [-0.2, -0.15) is 0 Å². The molecule has 1 aliphatic carbocycles. The van der Waals surface area contributed by atoms with E-state index in [1.54, 1.807) is 6.20 Å². The van der Waals surface area contributed by atoms with Gasteiger partial charge < -0.3 is 10.4 Å². The minimum Gasteiger partial charge on any atom is -0.505 e. The number of piperazine rings is 1. The average Bonchev–Trinajstić information content (AvgIpc) is 2.55. The zero-order valence-electron chi connectivity index (χ0n) is 12.2. The molecule has 0 spiro atoms. The largest absolute Gasteiger partial charge is 0.505 e. The summed E-state index contributed by atoms with van der Waals surface area (Å²) < 4.78 is 0. The van der Waals surface area contributed by atoms with Crippen LogP contribution in [0, 0.1) is 0 Å². The van der Waals surface area contributed by atoms with Gasteiger partial charge in [-0.3, -0.25) is 15.1 Å². The van der Waals surface area contributed by atoms with Crippen molar-refractivity contribution in [1.82, 2.24) is 15.6 Å². The molecule has 114 valence electrons. The van der Waals surface area contributed by atoms with Gasteiger partial charge in [-0.05, 0) is 18.9 Å². The third-order valence-electron chi connectivity index (χ3n) is 4.83. The number of carbonyl (C=O) groups excluding carboxylic acids is 1. The van der Waals surface area contributed by atoms with E-state index in [1.165, 1.54) is 12.8 Å². The molecule has 0 radical (unpaired) electrons. The first-order valence-electron chi connectivity index (χ1n) is 7.87. The molecule has 1 aliphatic heterocycles. The van der Waals surface area contributed by atoms with Crippen LogP contribution in [-0.2, 0) is 4.79 Å². The summed E-state index contributed by atoms with van der Waals surface area (Å²) in [4.78, 5) is 16.7. The molecule has 5 nitrogen and oxygen atoms in total. The second-order valence-corrected chi connectivity index (χ2v) is 6.18. The minimum absolute atomic E-state index is 0.0614. The molecule has 1 aromatic heterocycles. The first-order valence-corrected chi connectivity index (χ1v) is 7.87. The van der Waals surface area contributed by atoms with Crippen LogP contribution < -0.4 is 10.6 Å². The number of phenols is 1. The highest BCUT2D eigenvalue weighted by Gasteiger charge is 2.38. The standard InChI is InChI=1S/C17H19N3O2/c21-16-11(8-7-10-4-3-9-18-14(10)16)15-17(22)20-13-6-2-1-5-12(13)19-15/h3-4,7-9,12-13,15,19,21H,1-2,5-6H2,(H,20,22). The van der Waals surface area contributed by atoms with Gasteiger partial charge in [-0.1, -0.05) is 31.0 Å². The Morgan fingerprint density at radius 3 is 2.82 bits per heavy atom. The molecular weight excluding hydrogens is 278 g/mol. The van der Waals surface area contributed by atoms with Gasteiger partial charge in [0.25, 0.3) is 0 Å². The van der Waals surface area contributed by atoms with E-state index >= 15 is 0 Å². The topological polar surface area (TPSA) is 74.2 Å². The number of nitrogens with one attached hydrogen (secondary N) is 2. The molecule has 1 saturated carbocycles. The van der Waals surface area contributed by atoms with Gasteiger partial charge >= 0.3 is 0 Å². The van der Waals surface area contributed by atoms with Crippen molar-refractivity contribution >= 4 is 16.8 Å². The van der Waals surface area contributed by atoms with Gasteiger partial charge in [0.15, 0.2) is 0 Å². The molecule has 0 bridgehead atoms. The second-order valence-electron chi connectivity index (χ2n) is 6.18. The summed E-state index contributed by atoms with van der Waals surface area (Å²) in [5.41, 5.74) is 1.15. The normalized spacial score (nSPS) is 28.2. The summed E-state index contributed by atoms with van der Waals surface area (Å²) >= 11 is 0. The van der Waals surface area contributed by atoms with Crippen molar-refractivity contribution in [3.63, 3.8) is 0 Å². The third kappa shape index (κ3) is 2.13. The lowest BCUT2D eigenvalue weighted by atomic mass is 9.86. The zero-order chi connectivity index (χ0) is 15.1. The number of rotatable bonds is 1. The van der Waals surface area contributed by atoms with Crippen molar-refractivity contribution in [2.45, 2.75) is 43.8 Å². The minimum atomic E-state index is -0.509. The molecule has 3 atom stereocenters. The number of pyridine rings is 1.